The number of pyridine rings is 1. The molecule has 1 aliphatic rings. The zero-order valence-corrected chi connectivity index (χ0v) is 15.6. The van der Waals surface area contributed by atoms with Gasteiger partial charge in [0, 0.05) is 6.07 Å². The van der Waals surface area contributed by atoms with E-state index in [-0.39, 0.29) is 12.6 Å². The van der Waals surface area contributed by atoms with E-state index >= 15 is 0 Å². The van der Waals surface area contributed by atoms with Crippen molar-refractivity contribution in [2.24, 2.45) is 0 Å². The van der Waals surface area contributed by atoms with E-state index in [1.165, 1.54) is 4.90 Å². The van der Waals surface area contributed by atoms with Gasteiger partial charge in [-0.1, -0.05) is 6.92 Å². The fourth-order valence-corrected chi connectivity index (χ4v) is 2.71. The number of carbonyl (C=O) groups excluding carboxylic acids is 1. The average Bonchev–Trinajstić information content (AvgIpc) is 2.52. The Balaban J connectivity index is 2.24. The predicted octanol–water partition coefficient (Wildman–Crippen LogP) is 2.75. The Morgan fingerprint density at radius 2 is 2.00 bits per heavy atom. The van der Waals surface area contributed by atoms with Gasteiger partial charge in [-0.3, -0.25) is 9.88 Å². The van der Waals surface area contributed by atoms with E-state index in [4.69, 9.17) is 14.2 Å². The van der Waals surface area contributed by atoms with Crippen molar-refractivity contribution in [3.8, 4) is 11.5 Å². The van der Waals surface area contributed by atoms with Gasteiger partial charge in [0.15, 0.2) is 11.5 Å². The molecule has 7 nitrogen and oxygen atoms in total. The minimum atomic E-state index is -0.685. The monoisotopic (exact) mass is 352 g/mol. The van der Waals surface area contributed by atoms with Gasteiger partial charge < -0.3 is 19.3 Å². The second-order valence-electron chi connectivity index (χ2n) is 7.14. The number of nitrogens with zero attached hydrogens (tertiary/aromatic N) is 2. The van der Waals surface area contributed by atoms with Gasteiger partial charge in [-0.15, -0.1) is 0 Å². The van der Waals surface area contributed by atoms with Gasteiger partial charge in [0.2, 0.25) is 0 Å². The number of fused-ring (bicyclic) bond motifs is 1. The number of ether oxygens (including phenoxy) is 3. The highest BCUT2D eigenvalue weighted by Gasteiger charge is 2.31. The lowest BCUT2D eigenvalue weighted by Crippen LogP contribution is -2.47. The first kappa shape index (κ1) is 19.3. The van der Waals surface area contributed by atoms with Crippen molar-refractivity contribution in [3.63, 3.8) is 0 Å². The molecule has 0 spiro atoms. The Morgan fingerprint density at radius 1 is 1.36 bits per heavy atom. The van der Waals surface area contributed by atoms with Crippen LogP contribution in [0, 0.1) is 0 Å². The molecule has 2 heterocycles. The first-order chi connectivity index (χ1) is 11.7. The molecule has 1 aromatic rings. The molecule has 7 heteroatoms. The first-order valence-corrected chi connectivity index (χ1v) is 8.63. The largest absolute Gasteiger partial charge is 0.486 e. The molecule has 2 rings (SSSR count). The van der Waals surface area contributed by atoms with E-state index in [1.54, 1.807) is 19.2 Å². The van der Waals surface area contributed by atoms with Crippen LogP contribution in [0.5, 0.6) is 11.5 Å². The summed E-state index contributed by atoms with van der Waals surface area (Å²) >= 11 is 0. The normalized spacial score (nSPS) is 16.1. The molecule has 140 valence electrons. The molecule has 0 saturated heterocycles. The lowest BCUT2D eigenvalue weighted by atomic mass is 10.1. The number of aliphatic hydroxyl groups is 1. The Labute approximate surface area is 148 Å². The number of carbonyl (C=O) groups is 1. The summed E-state index contributed by atoms with van der Waals surface area (Å²) in [5.74, 6) is 1.21. The van der Waals surface area contributed by atoms with E-state index < -0.39 is 17.8 Å². The summed E-state index contributed by atoms with van der Waals surface area (Å²) in [6.07, 6.45) is 1.04. The topological polar surface area (TPSA) is 81.1 Å². The summed E-state index contributed by atoms with van der Waals surface area (Å²) < 4.78 is 16.6. The molecule has 1 aliphatic heterocycles. The van der Waals surface area contributed by atoms with E-state index in [0.717, 1.165) is 0 Å². The number of aromatic nitrogens is 1. The number of aliphatic hydroxyl groups excluding tert-OH is 1. The summed E-state index contributed by atoms with van der Waals surface area (Å²) in [7, 11) is 0. The molecule has 25 heavy (non-hydrogen) atoms. The van der Waals surface area contributed by atoms with Crippen LogP contribution in [0.15, 0.2) is 12.3 Å². The second-order valence-corrected chi connectivity index (χ2v) is 7.14. The highest BCUT2D eigenvalue weighted by atomic mass is 16.6. The summed E-state index contributed by atoms with van der Waals surface area (Å²) in [5, 5.41) is 10.1. The summed E-state index contributed by atoms with van der Waals surface area (Å²) in [6, 6.07) is 1.39. The summed E-state index contributed by atoms with van der Waals surface area (Å²) in [4.78, 5) is 18.5. The quantitative estimate of drug-likeness (QED) is 0.877. The van der Waals surface area contributed by atoms with Crippen molar-refractivity contribution < 1.29 is 24.1 Å². The molecule has 0 aliphatic carbocycles. The number of amides is 1. The van der Waals surface area contributed by atoms with Crippen LogP contribution in [0.25, 0.3) is 0 Å². The maximum Gasteiger partial charge on any atom is 0.410 e. The van der Waals surface area contributed by atoms with Gasteiger partial charge in [-0.2, -0.15) is 0 Å². The van der Waals surface area contributed by atoms with E-state index in [2.05, 4.69) is 4.98 Å². The van der Waals surface area contributed by atoms with Gasteiger partial charge in [0.1, 0.15) is 18.8 Å². The predicted molar refractivity (Wildman–Crippen MR) is 92.8 cm³/mol. The van der Waals surface area contributed by atoms with Crippen LogP contribution >= 0.6 is 0 Å². The molecule has 0 radical (unpaired) electrons. The lowest BCUT2D eigenvalue weighted by molar-refractivity contribution is -0.00666. The Hall–Kier alpha value is -2.02. The molecule has 1 aromatic heterocycles. The van der Waals surface area contributed by atoms with Crippen molar-refractivity contribution in [1.29, 1.82) is 0 Å². The first-order valence-electron chi connectivity index (χ1n) is 8.63. The molecule has 0 fully saturated rings. The van der Waals surface area contributed by atoms with E-state index in [0.29, 0.717) is 36.8 Å². The standard InChI is InChI=1S/C18H28N2O5/c1-6-14(12(2)21)20(17(22)25-18(3,4)5)11-13-9-15-16(10-19-13)24-8-7-23-15/h9-10,12,14,21H,6-8,11H2,1-5H3/t12-,14-/m1/s1. The van der Waals surface area contributed by atoms with Crippen LogP contribution in [0.4, 0.5) is 4.79 Å². The zero-order chi connectivity index (χ0) is 18.6. The van der Waals surface area contributed by atoms with E-state index in [1.807, 2.05) is 27.7 Å². The Morgan fingerprint density at radius 3 is 2.56 bits per heavy atom. The minimum Gasteiger partial charge on any atom is -0.486 e. The van der Waals surface area contributed by atoms with Crippen molar-refractivity contribution >= 4 is 6.09 Å². The molecule has 1 amide bonds. The fraction of sp³-hybridized carbons (Fsp3) is 0.667. The van der Waals surface area contributed by atoms with Crippen LogP contribution < -0.4 is 9.47 Å². The SMILES string of the molecule is CC[C@H]([C@@H](C)O)N(Cc1cc2c(cn1)OCCO2)C(=O)OC(C)(C)C. The number of hydrogen-bond donors (Lipinski definition) is 1. The van der Waals surface area contributed by atoms with Crippen LogP contribution in [0.1, 0.15) is 46.7 Å². The van der Waals surface area contributed by atoms with Crippen LogP contribution in [-0.4, -0.2) is 52.0 Å². The molecule has 0 bridgehead atoms. The van der Waals surface area contributed by atoms with E-state index in [9.17, 15) is 9.90 Å². The van der Waals surface area contributed by atoms with Crippen LogP contribution in [0.2, 0.25) is 0 Å². The van der Waals surface area contributed by atoms with Gasteiger partial charge in [-0.05, 0) is 34.1 Å². The maximum absolute atomic E-state index is 12.7. The number of hydrogen-bond acceptors (Lipinski definition) is 6. The van der Waals surface area contributed by atoms with Gasteiger partial charge in [0.05, 0.1) is 30.6 Å². The van der Waals surface area contributed by atoms with Crippen molar-refractivity contribution in [3.05, 3.63) is 18.0 Å². The second kappa shape index (κ2) is 7.91. The van der Waals surface area contributed by atoms with Gasteiger partial charge in [-0.25, -0.2) is 4.79 Å². The Bertz CT molecular complexity index is 598. The van der Waals surface area contributed by atoms with Crippen molar-refractivity contribution in [2.75, 3.05) is 13.2 Å². The average molecular weight is 352 g/mol. The molecule has 1 N–H and O–H groups in total. The third kappa shape index (κ3) is 5.22. The lowest BCUT2D eigenvalue weighted by Gasteiger charge is -2.34. The maximum atomic E-state index is 12.7. The zero-order valence-electron chi connectivity index (χ0n) is 15.6. The summed E-state index contributed by atoms with van der Waals surface area (Å²) in [5.41, 5.74) is 0.0289. The third-order valence-electron chi connectivity index (χ3n) is 3.82. The molecule has 0 aromatic carbocycles. The van der Waals surface area contributed by atoms with Crippen molar-refractivity contribution in [2.45, 2.75) is 65.3 Å². The molecule has 2 atom stereocenters. The summed E-state index contributed by atoms with van der Waals surface area (Å²) in [6.45, 7) is 10.2. The fourth-order valence-electron chi connectivity index (χ4n) is 2.71. The van der Waals surface area contributed by atoms with Crippen molar-refractivity contribution in [1.82, 2.24) is 9.88 Å². The highest BCUT2D eigenvalue weighted by molar-refractivity contribution is 5.68. The van der Waals surface area contributed by atoms with Gasteiger partial charge >= 0.3 is 6.09 Å². The Kier molecular flexibility index (Phi) is 6.11. The minimum absolute atomic E-state index is 0.217. The smallest absolute Gasteiger partial charge is 0.410 e. The molecule has 0 saturated carbocycles. The molecular weight excluding hydrogens is 324 g/mol. The third-order valence-corrected chi connectivity index (χ3v) is 3.82. The highest BCUT2D eigenvalue weighted by Crippen LogP contribution is 2.30. The van der Waals surface area contributed by atoms with Crippen LogP contribution in [-0.2, 0) is 11.3 Å². The molecule has 0 unspecified atom stereocenters. The van der Waals surface area contributed by atoms with Gasteiger partial charge in [0.25, 0.3) is 0 Å². The number of rotatable bonds is 5. The van der Waals surface area contributed by atoms with Crippen LogP contribution in [0.3, 0.4) is 0 Å². The molecular formula is C18H28N2O5.